The van der Waals surface area contributed by atoms with Crippen LogP contribution in [0.25, 0.3) is 22.4 Å². The molecule has 3 rings (SSSR count). The summed E-state index contributed by atoms with van der Waals surface area (Å²) in [5.41, 5.74) is 1.52. The molecule has 0 saturated heterocycles. The van der Waals surface area contributed by atoms with Gasteiger partial charge in [-0.1, -0.05) is 0 Å². The lowest BCUT2D eigenvalue weighted by atomic mass is 10.1. The zero-order valence-corrected chi connectivity index (χ0v) is 12.7. The highest BCUT2D eigenvalue weighted by Crippen LogP contribution is 2.28. The zero-order valence-electron chi connectivity index (χ0n) is 12.7. The molecule has 0 atom stereocenters. The highest BCUT2D eigenvalue weighted by atomic mass is 19.1. The van der Waals surface area contributed by atoms with Gasteiger partial charge in [-0.15, -0.1) is 0 Å². The van der Waals surface area contributed by atoms with Gasteiger partial charge in [-0.2, -0.15) is 0 Å². The van der Waals surface area contributed by atoms with E-state index in [1.54, 1.807) is 19.1 Å². The van der Waals surface area contributed by atoms with Gasteiger partial charge in [-0.3, -0.25) is 10.3 Å². The zero-order chi connectivity index (χ0) is 17.1. The molecule has 3 aromatic rings. The Labute approximate surface area is 136 Å². The lowest BCUT2D eigenvalue weighted by Gasteiger charge is -2.07. The minimum absolute atomic E-state index is 0.236. The number of phenolic OH excluding ortho intramolecular Hbond substituents is 1. The van der Waals surface area contributed by atoms with Crippen LogP contribution < -0.4 is 10.6 Å². The van der Waals surface area contributed by atoms with Gasteiger partial charge in [-0.25, -0.2) is 19.2 Å². The number of hydrogen-bond donors (Lipinski definition) is 3. The predicted molar refractivity (Wildman–Crippen MR) is 87.1 cm³/mol. The van der Waals surface area contributed by atoms with Gasteiger partial charge in [-0.05, 0) is 31.2 Å². The molecule has 0 aliphatic carbocycles. The second-order valence-corrected chi connectivity index (χ2v) is 4.94. The van der Waals surface area contributed by atoms with E-state index in [4.69, 9.17) is 0 Å². The number of pyridine rings is 1. The molecule has 24 heavy (non-hydrogen) atoms. The molecule has 0 fully saturated rings. The lowest BCUT2D eigenvalue weighted by Crippen LogP contribution is -2.28. The Morgan fingerprint density at radius 3 is 2.83 bits per heavy atom. The molecule has 0 unspecified atom stereocenters. The Hall–Kier alpha value is -3.29. The molecule has 0 bridgehead atoms. The molecular formula is C16H14FN5O2. The number of anilines is 1. The first-order chi connectivity index (χ1) is 11.6. The fourth-order valence-corrected chi connectivity index (χ4v) is 2.14. The van der Waals surface area contributed by atoms with Crippen LogP contribution in [-0.2, 0) is 0 Å². The topological polar surface area (TPSA) is 100 Å². The van der Waals surface area contributed by atoms with Crippen LogP contribution >= 0.6 is 0 Å². The normalized spacial score (nSPS) is 10.6. The summed E-state index contributed by atoms with van der Waals surface area (Å²) < 4.78 is 13.1. The molecular weight excluding hydrogens is 313 g/mol. The van der Waals surface area contributed by atoms with Crippen molar-refractivity contribution in [3.05, 3.63) is 42.3 Å². The van der Waals surface area contributed by atoms with E-state index in [1.807, 2.05) is 0 Å². The van der Waals surface area contributed by atoms with Crippen molar-refractivity contribution in [2.45, 2.75) is 6.92 Å². The number of hydrogen-bond acceptors (Lipinski definition) is 5. The number of carbonyl (C=O) groups is 1. The first kappa shape index (κ1) is 15.6. The quantitative estimate of drug-likeness (QED) is 0.687. The molecule has 1 aromatic carbocycles. The first-order valence-electron chi connectivity index (χ1n) is 7.24. The van der Waals surface area contributed by atoms with Gasteiger partial charge in [0.05, 0.1) is 11.9 Å². The minimum atomic E-state index is -0.545. The van der Waals surface area contributed by atoms with Crippen molar-refractivity contribution in [2.24, 2.45) is 0 Å². The van der Waals surface area contributed by atoms with Crippen LogP contribution in [0.5, 0.6) is 5.75 Å². The predicted octanol–water partition coefficient (Wildman–Crippen LogP) is 2.68. The number of nitrogens with one attached hydrogen (secondary N) is 2. The summed E-state index contributed by atoms with van der Waals surface area (Å²) in [6.07, 6.45) is 1.47. The summed E-state index contributed by atoms with van der Waals surface area (Å²) in [7, 11) is 0. The van der Waals surface area contributed by atoms with Crippen LogP contribution in [0.4, 0.5) is 15.0 Å². The Kier molecular flexibility index (Phi) is 4.19. The smallest absolute Gasteiger partial charge is 0.320 e. The summed E-state index contributed by atoms with van der Waals surface area (Å²) in [5.74, 6) is -0.458. The number of aromatic hydroxyl groups is 1. The first-order valence-corrected chi connectivity index (χ1v) is 7.24. The van der Waals surface area contributed by atoms with E-state index in [-0.39, 0.29) is 11.8 Å². The van der Waals surface area contributed by atoms with E-state index < -0.39 is 5.82 Å². The van der Waals surface area contributed by atoms with Crippen molar-refractivity contribution in [1.82, 2.24) is 20.3 Å². The SMILES string of the molecule is CCNC(=O)Nc1ccc2ncc(-c3ccc(F)cc3O)nc2n1. The van der Waals surface area contributed by atoms with Crippen LogP contribution in [0.1, 0.15) is 6.92 Å². The average Bonchev–Trinajstić information content (AvgIpc) is 2.54. The number of phenols is 1. The Morgan fingerprint density at radius 2 is 2.08 bits per heavy atom. The van der Waals surface area contributed by atoms with E-state index in [2.05, 4.69) is 25.6 Å². The number of fused-ring (bicyclic) bond motifs is 1. The van der Waals surface area contributed by atoms with Crippen molar-refractivity contribution in [2.75, 3.05) is 11.9 Å². The van der Waals surface area contributed by atoms with Gasteiger partial charge in [0.1, 0.15) is 22.9 Å². The molecule has 8 heteroatoms. The molecule has 2 amide bonds. The number of nitrogens with zero attached hydrogens (tertiary/aromatic N) is 3. The van der Waals surface area contributed by atoms with Crippen molar-refractivity contribution in [1.29, 1.82) is 0 Å². The molecule has 0 radical (unpaired) electrons. The molecule has 0 saturated carbocycles. The summed E-state index contributed by atoms with van der Waals surface area (Å²) in [5, 5.41) is 15.0. The van der Waals surface area contributed by atoms with Crippen LogP contribution in [0, 0.1) is 5.82 Å². The summed E-state index contributed by atoms with van der Waals surface area (Å²) >= 11 is 0. The van der Waals surface area contributed by atoms with E-state index in [1.165, 1.54) is 18.3 Å². The van der Waals surface area contributed by atoms with Crippen LogP contribution in [0.15, 0.2) is 36.5 Å². The second kappa shape index (κ2) is 6.45. The van der Waals surface area contributed by atoms with Crippen molar-refractivity contribution in [3.8, 4) is 17.0 Å². The van der Waals surface area contributed by atoms with Gasteiger partial charge in [0.2, 0.25) is 0 Å². The van der Waals surface area contributed by atoms with E-state index in [0.717, 1.165) is 6.07 Å². The Bertz CT molecular complexity index is 916. The maximum atomic E-state index is 13.1. The van der Waals surface area contributed by atoms with E-state index in [9.17, 15) is 14.3 Å². The van der Waals surface area contributed by atoms with Crippen LogP contribution in [-0.4, -0.2) is 32.6 Å². The third-order valence-electron chi connectivity index (χ3n) is 3.22. The minimum Gasteiger partial charge on any atom is -0.507 e. The molecule has 3 N–H and O–H groups in total. The van der Waals surface area contributed by atoms with E-state index >= 15 is 0 Å². The van der Waals surface area contributed by atoms with Crippen molar-refractivity contribution in [3.63, 3.8) is 0 Å². The molecule has 0 aliphatic heterocycles. The third kappa shape index (κ3) is 3.22. The monoisotopic (exact) mass is 327 g/mol. The number of urea groups is 1. The maximum Gasteiger partial charge on any atom is 0.320 e. The molecule has 122 valence electrons. The largest absolute Gasteiger partial charge is 0.507 e. The van der Waals surface area contributed by atoms with Crippen molar-refractivity contribution < 1.29 is 14.3 Å². The third-order valence-corrected chi connectivity index (χ3v) is 3.22. The van der Waals surface area contributed by atoms with Crippen LogP contribution in [0.3, 0.4) is 0 Å². The maximum absolute atomic E-state index is 13.1. The number of benzene rings is 1. The fraction of sp³-hybridized carbons (Fsp3) is 0.125. The fourth-order valence-electron chi connectivity index (χ4n) is 2.14. The van der Waals surface area contributed by atoms with Crippen molar-refractivity contribution >= 4 is 23.0 Å². The number of rotatable bonds is 3. The van der Waals surface area contributed by atoms with Gasteiger partial charge in [0, 0.05) is 18.2 Å². The van der Waals surface area contributed by atoms with Gasteiger partial charge < -0.3 is 10.4 Å². The summed E-state index contributed by atoms with van der Waals surface area (Å²) in [4.78, 5) is 24.3. The highest BCUT2D eigenvalue weighted by molar-refractivity contribution is 5.89. The van der Waals surface area contributed by atoms with Gasteiger partial charge in [0.25, 0.3) is 0 Å². The average molecular weight is 327 g/mol. The molecule has 7 nitrogen and oxygen atoms in total. The molecule has 2 aromatic heterocycles. The number of carbonyl (C=O) groups excluding carboxylic acids is 1. The molecule has 0 spiro atoms. The standard InChI is InChI=1S/C16H14FN5O2/c1-2-18-16(24)22-14-6-5-11-15(21-14)20-12(8-19-11)10-4-3-9(17)7-13(10)23/h3-8,23H,2H2,1H3,(H2,18,20,21,22,24). The summed E-state index contributed by atoms with van der Waals surface area (Å²) in [6, 6.07) is 6.55. The highest BCUT2D eigenvalue weighted by Gasteiger charge is 2.10. The number of amides is 2. The van der Waals surface area contributed by atoms with Gasteiger partial charge in [0.15, 0.2) is 5.65 Å². The Morgan fingerprint density at radius 1 is 1.25 bits per heavy atom. The second-order valence-electron chi connectivity index (χ2n) is 4.94. The number of aromatic nitrogens is 3. The Balaban J connectivity index is 1.98. The lowest BCUT2D eigenvalue weighted by molar-refractivity contribution is 0.252. The molecule has 2 heterocycles. The number of halogens is 1. The van der Waals surface area contributed by atoms with Crippen LogP contribution in [0.2, 0.25) is 0 Å². The molecule has 0 aliphatic rings. The van der Waals surface area contributed by atoms with E-state index in [0.29, 0.717) is 34.8 Å². The van der Waals surface area contributed by atoms with Gasteiger partial charge >= 0.3 is 6.03 Å². The summed E-state index contributed by atoms with van der Waals surface area (Å²) in [6.45, 7) is 2.30.